The minimum absolute atomic E-state index is 0.0730. The lowest BCUT2D eigenvalue weighted by molar-refractivity contribution is -0.00329. The molecule has 1 aliphatic rings. The monoisotopic (exact) mass is 499 g/mol. The summed E-state index contributed by atoms with van der Waals surface area (Å²) in [6.07, 6.45) is 1.97. The van der Waals surface area contributed by atoms with Gasteiger partial charge < -0.3 is 9.47 Å². The Morgan fingerprint density at radius 3 is 2.56 bits per heavy atom. The molecule has 0 spiro atoms. The molecular weight excluding hydrogens is 482 g/mol. The topological polar surface area (TPSA) is 102 Å². The Morgan fingerprint density at radius 1 is 1.26 bits per heavy atom. The van der Waals surface area contributed by atoms with E-state index in [1.54, 1.807) is 0 Å². The van der Waals surface area contributed by atoms with E-state index in [2.05, 4.69) is 15.5 Å². The number of ether oxygens (including phenoxy) is 2. The Balaban J connectivity index is 2.08. The van der Waals surface area contributed by atoms with Gasteiger partial charge in [0, 0.05) is 24.4 Å². The van der Waals surface area contributed by atoms with Gasteiger partial charge in [-0.05, 0) is 24.3 Å². The van der Waals surface area contributed by atoms with Crippen LogP contribution in [0, 0.1) is 11.3 Å². The fourth-order valence-electron chi connectivity index (χ4n) is 3.04. The van der Waals surface area contributed by atoms with Crippen LogP contribution in [0.2, 0.25) is 5.02 Å². The third kappa shape index (κ3) is 5.48. The Labute approximate surface area is 196 Å². The van der Waals surface area contributed by atoms with E-state index in [4.69, 9.17) is 26.3 Å². The summed E-state index contributed by atoms with van der Waals surface area (Å²) >= 11 is 5.93. The first kappa shape index (κ1) is 25.0. The van der Waals surface area contributed by atoms with Crippen molar-refractivity contribution in [2.45, 2.75) is 38.3 Å². The van der Waals surface area contributed by atoms with Crippen LogP contribution in [0.25, 0.3) is 0 Å². The first-order chi connectivity index (χ1) is 15.8. The van der Waals surface area contributed by atoms with Crippen LogP contribution >= 0.6 is 11.6 Å². The van der Waals surface area contributed by atoms with Crippen LogP contribution in [-0.2, 0) is 17.2 Å². The summed E-state index contributed by atoms with van der Waals surface area (Å²) in [4.78, 5) is 16.8. The zero-order chi connectivity index (χ0) is 25.3. The summed E-state index contributed by atoms with van der Waals surface area (Å²) in [5, 5.41) is 12.9. The number of benzene rings is 1. The largest absolute Gasteiger partial charge is 0.480 e. The van der Waals surface area contributed by atoms with Crippen LogP contribution in [0.3, 0.4) is 0 Å². The van der Waals surface area contributed by atoms with Gasteiger partial charge in [0.25, 0.3) is 17.4 Å². The number of halogens is 5. The molecule has 1 aromatic heterocycles. The molecule has 1 aromatic carbocycles. The van der Waals surface area contributed by atoms with Gasteiger partial charge in [0.1, 0.15) is 11.8 Å². The van der Waals surface area contributed by atoms with Gasteiger partial charge >= 0.3 is 0 Å². The molecule has 8 nitrogen and oxygen atoms in total. The number of hydrogen-bond acceptors (Lipinski definition) is 7. The van der Waals surface area contributed by atoms with Crippen LogP contribution in [0.5, 0.6) is 11.5 Å². The molecule has 0 bridgehead atoms. The molecule has 1 N–H and O–H groups in total. The van der Waals surface area contributed by atoms with Crippen molar-refractivity contribution in [1.82, 2.24) is 15.0 Å². The molecule has 1 unspecified atom stereocenters. The van der Waals surface area contributed by atoms with Crippen LogP contribution in [0.1, 0.15) is 25.1 Å². The molecule has 3 rings (SSSR count). The molecule has 0 aliphatic carbocycles. The Bertz CT molecular complexity index is 1260. The molecular formula is C21H18ClF4N5O3. The van der Waals surface area contributed by atoms with E-state index >= 15 is 0 Å². The fourth-order valence-corrected chi connectivity index (χ4v) is 3.27. The molecule has 180 valence electrons. The maximum absolute atomic E-state index is 14.2. The lowest BCUT2D eigenvalue weighted by Gasteiger charge is -2.26. The number of aromatic nitrogens is 2. The van der Waals surface area contributed by atoms with Crippen molar-refractivity contribution in [3.8, 4) is 17.6 Å². The van der Waals surface area contributed by atoms with E-state index in [1.165, 1.54) is 25.3 Å². The Morgan fingerprint density at radius 2 is 1.97 bits per heavy atom. The number of nitrogens with one attached hydrogen (secondary N) is 1. The fraction of sp³-hybridized carbons (Fsp3) is 0.333. The molecule has 0 fully saturated rings. The van der Waals surface area contributed by atoms with Gasteiger partial charge in [-0.3, -0.25) is 14.8 Å². The molecule has 34 heavy (non-hydrogen) atoms. The van der Waals surface area contributed by atoms with E-state index in [1.807, 2.05) is 6.07 Å². The number of hydrazone groups is 1. The summed E-state index contributed by atoms with van der Waals surface area (Å²) < 4.78 is 67.3. The third-order valence-corrected chi connectivity index (χ3v) is 4.88. The number of hydrogen-bond donors (Lipinski definition) is 1. The molecule has 1 aliphatic heterocycles. The highest BCUT2D eigenvalue weighted by Crippen LogP contribution is 2.34. The molecule has 0 amide bonds. The standard InChI is InChI=1S/C21H18ClF4N5O3/c1-20(23,24)15-6-12(18(33-3)30-29-15)9-31-10-28-17(21(2,25)26)16(19(31)32)34-14-5-11(8-27)4-13(22)7-14/h4-7,10,15,29H,9H2,1-3H3. The van der Waals surface area contributed by atoms with Gasteiger partial charge in [-0.2, -0.15) is 14.0 Å². The van der Waals surface area contributed by atoms with Crippen molar-refractivity contribution in [3.63, 3.8) is 0 Å². The van der Waals surface area contributed by atoms with Crippen molar-refractivity contribution in [2.24, 2.45) is 5.10 Å². The number of nitrogens with zero attached hydrogens (tertiary/aromatic N) is 4. The lowest BCUT2D eigenvalue weighted by atomic mass is 10.1. The zero-order valence-corrected chi connectivity index (χ0v) is 18.8. The van der Waals surface area contributed by atoms with Crippen molar-refractivity contribution in [2.75, 3.05) is 7.11 Å². The molecule has 2 aromatic rings. The number of rotatable bonds is 6. The van der Waals surface area contributed by atoms with E-state index in [0.717, 1.165) is 17.0 Å². The molecule has 13 heteroatoms. The van der Waals surface area contributed by atoms with Crippen LogP contribution < -0.4 is 15.7 Å². The Kier molecular flexibility index (Phi) is 6.88. The van der Waals surface area contributed by atoms with E-state index in [9.17, 15) is 22.4 Å². The van der Waals surface area contributed by atoms with E-state index in [-0.39, 0.29) is 34.4 Å². The van der Waals surface area contributed by atoms with Gasteiger partial charge in [0.05, 0.1) is 31.6 Å². The van der Waals surface area contributed by atoms with E-state index in [0.29, 0.717) is 13.8 Å². The van der Waals surface area contributed by atoms with Crippen molar-refractivity contribution >= 4 is 17.5 Å². The zero-order valence-electron chi connectivity index (χ0n) is 18.1. The maximum Gasteiger partial charge on any atom is 0.297 e. The first-order valence-corrected chi connectivity index (χ1v) is 10.0. The van der Waals surface area contributed by atoms with Gasteiger partial charge in [-0.15, -0.1) is 5.10 Å². The minimum Gasteiger partial charge on any atom is -0.480 e. The second-order valence-electron chi connectivity index (χ2n) is 7.51. The van der Waals surface area contributed by atoms with Gasteiger partial charge in [-0.25, -0.2) is 13.8 Å². The van der Waals surface area contributed by atoms with Gasteiger partial charge in [0.15, 0.2) is 5.69 Å². The predicted molar refractivity (Wildman–Crippen MR) is 114 cm³/mol. The molecule has 0 saturated heterocycles. The smallest absolute Gasteiger partial charge is 0.297 e. The van der Waals surface area contributed by atoms with Crippen molar-refractivity contribution in [3.05, 3.63) is 62.8 Å². The number of nitriles is 1. The highest BCUT2D eigenvalue weighted by atomic mass is 35.5. The van der Waals surface area contributed by atoms with Crippen molar-refractivity contribution in [1.29, 1.82) is 5.26 Å². The number of methoxy groups -OCH3 is 1. The second kappa shape index (κ2) is 9.34. The number of alkyl halides is 4. The summed E-state index contributed by atoms with van der Waals surface area (Å²) in [7, 11) is 1.25. The normalized spacial score (nSPS) is 16.1. The van der Waals surface area contributed by atoms with Crippen LogP contribution in [-0.4, -0.2) is 34.5 Å². The highest BCUT2D eigenvalue weighted by Gasteiger charge is 2.36. The summed E-state index contributed by atoms with van der Waals surface area (Å²) in [5.41, 5.74) is 0.433. The summed E-state index contributed by atoms with van der Waals surface area (Å²) in [6.45, 7) is 0.839. The average Bonchev–Trinajstić information content (AvgIpc) is 2.74. The quantitative estimate of drug-likeness (QED) is 0.598. The van der Waals surface area contributed by atoms with Gasteiger partial charge in [-0.1, -0.05) is 11.6 Å². The van der Waals surface area contributed by atoms with Crippen LogP contribution in [0.4, 0.5) is 17.6 Å². The molecule has 1 atom stereocenters. The third-order valence-electron chi connectivity index (χ3n) is 4.66. The van der Waals surface area contributed by atoms with E-state index < -0.39 is 34.9 Å². The van der Waals surface area contributed by atoms with Crippen molar-refractivity contribution < 1.29 is 27.0 Å². The molecule has 2 heterocycles. The summed E-state index contributed by atoms with van der Waals surface area (Å²) in [5.74, 6) is -7.79. The Hall–Kier alpha value is -3.59. The summed E-state index contributed by atoms with van der Waals surface area (Å²) in [6, 6.07) is 4.10. The van der Waals surface area contributed by atoms with Crippen LogP contribution in [0.15, 0.2) is 46.1 Å². The molecule has 0 radical (unpaired) electrons. The lowest BCUT2D eigenvalue weighted by Crippen LogP contribution is -2.43. The SMILES string of the molecule is COC1=NNC(C(C)(F)F)C=C1Cn1cnc(C(C)(F)F)c(Oc2cc(Cl)cc(C#N)c2)c1=O. The predicted octanol–water partition coefficient (Wildman–Crippen LogP) is 4.19. The minimum atomic E-state index is -3.56. The van der Waals surface area contributed by atoms with Gasteiger partial charge in [0.2, 0.25) is 11.6 Å². The second-order valence-corrected chi connectivity index (χ2v) is 7.95. The average molecular weight is 500 g/mol. The molecule has 0 saturated carbocycles. The highest BCUT2D eigenvalue weighted by molar-refractivity contribution is 6.30. The maximum atomic E-state index is 14.2. The first-order valence-electron chi connectivity index (χ1n) is 9.66.